The van der Waals surface area contributed by atoms with E-state index in [-0.39, 0.29) is 12.5 Å². The molecule has 0 saturated carbocycles. The van der Waals surface area contributed by atoms with Crippen molar-refractivity contribution in [3.05, 3.63) is 32.9 Å². The van der Waals surface area contributed by atoms with Crippen molar-refractivity contribution in [2.75, 3.05) is 6.54 Å². The summed E-state index contributed by atoms with van der Waals surface area (Å²) in [5.41, 5.74) is 0.631. The van der Waals surface area contributed by atoms with E-state index in [0.29, 0.717) is 18.4 Å². The average molecular weight is 389 g/mol. The van der Waals surface area contributed by atoms with E-state index in [4.69, 9.17) is 0 Å². The molecule has 4 nitrogen and oxygen atoms in total. The second kappa shape index (κ2) is 7.06. The number of carboxylic acids is 1. The van der Waals surface area contributed by atoms with Crippen LogP contribution >= 0.6 is 22.6 Å². The first-order valence-electron chi connectivity index (χ1n) is 6.64. The largest absolute Gasteiger partial charge is 0.481 e. The van der Waals surface area contributed by atoms with Crippen LogP contribution in [0.2, 0.25) is 0 Å². The highest BCUT2D eigenvalue weighted by Crippen LogP contribution is 2.26. The van der Waals surface area contributed by atoms with Crippen LogP contribution in [-0.2, 0) is 4.79 Å². The summed E-state index contributed by atoms with van der Waals surface area (Å²) in [6.07, 6.45) is 0.980. The van der Waals surface area contributed by atoms with Gasteiger partial charge in [0.1, 0.15) is 0 Å². The number of aryl methyl sites for hydroxylation is 1. The first-order valence-corrected chi connectivity index (χ1v) is 7.72. The molecular formula is C15H20INO3. The van der Waals surface area contributed by atoms with E-state index in [9.17, 15) is 14.7 Å². The van der Waals surface area contributed by atoms with E-state index in [0.717, 1.165) is 9.13 Å². The topological polar surface area (TPSA) is 66.4 Å². The predicted octanol–water partition coefficient (Wildman–Crippen LogP) is 3.22. The first kappa shape index (κ1) is 16.9. The number of carboxylic acid groups (broad SMARTS) is 1. The average Bonchev–Trinajstić information content (AvgIpc) is 2.40. The maximum Gasteiger partial charge on any atom is 0.311 e. The number of hydrogen-bond donors (Lipinski definition) is 2. The number of amides is 1. The quantitative estimate of drug-likeness (QED) is 0.735. The van der Waals surface area contributed by atoms with Gasteiger partial charge < -0.3 is 10.4 Å². The molecule has 0 aliphatic rings. The summed E-state index contributed by atoms with van der Waals surface area (Å²) >= 11 is 2.12. The Morgan fingerprint density at radius 1 is 1.30 bits per heavy atom. The van der Waals surface area contributed by atoms with Crippen LogP contribution in [-0.4, -0.2) is 23.5 Å². The van der Waals surface area contributed by atoms with Gasteiger partial charge in [-0.05, 0) is 54.0 Å². The molecule has 0 atom stereocenters. The number of aliphatic carboxylic acids is 1. The summed E-state index contributed by atoms with van der Waals surface area (Å²) in [6, 6.07) is 5.64. The lowest BCUT2D eigenvalue weighted by Gasteiger charge is -2.27. The molecule has 0 aromatic heterocycles. The minimum absolute atomic E-state index is 0.151. The van der Waals surface area contributed by atoms with E-state index in [2.05, 4.69) is 27.9 Å². The molecule has 0 heterocycles. The fraction of sp³-hybridized carbons (Fsp3) is 0.467. The van der Waals surface area contributed by atoms with Crippen molar-refractivity contribution in [2.24, 2.45) is 5.41 Å². The Hall–Kier alpha value is -1.11. The monoisotopic (exact) mass is 389 g/mol. The van der Waals surface area contributed by atoms with Crippen molar-refractivity contribution < 1.29 is 14.7 Å². The first-order chi connectivity index (χ1) is 9.38. The third-order valence-corrected chi connectivity index (χ3v) is 4.74. The summed E-state index contributed by atoms with van der Waals surface area (Å²) in [5, 5.41) is 12.1. The Morgan fingerprint density at radius 2 is 1.90 bits per heavy atom. The molecule has 0 radical (unpaired) electrons. The third-order valence-electron chi connectivity index (χ3n) is 3.84. The van der Waals surface area contributed by atoms with E-state index in [1.165, 1.54) is 0 Å². The molecule has 0 spiro atoms. The lowest BCUT2D eigenvalue weighted by atomic mass is 9.82. The fourth-order valence-electron chi connectivity index (χ4n) is 2.14. The molecule has 0 unspecified atom stereocenters. The molecule has 1 rings (SSSR count). The molecule has 0 bridgehead atoms. The van der Waals surface area contributed by atoms with Gasteiger partial charge in [0.05, 0.1) is 11.0 Å². The lowest BCUT2D eigenvalue weighted by molar-refractivity contribution is -0.149. The molecule has 2 N–H and O–H groups in total. The van der Waals surface area contributed by atoms with Crippen LogP contribution in [0.4, 0.5) is 0 Å². The number of halogens is 1. The zero-order valence-corrected chi connectivity index (χ0v) is 14.2. The van der Waals surface area contributed by atoms with Crippen molar-refractivity contribution in [2.45, 2.75) is 33.6 Å². The zero-order chi connectivity index (χ0) is 15.3. The van der Waals surface area contributed by atoms with Gasteiger partial charge in [0.2, 0.25) is 0 Å². The van der Waals surface area contributed by atoms with Crippen LogP contribution in [0, 0.1) is 15.9 Å². The summed E-state index contributed by atoms with van der Waals surface area (Å²) < 4.78 is 0.869. The van der Waals surface area contributed by atoms with Gasteiger partial charge in [-0.15, -0.1) is 0 Å². The van der Waals surface area contributed by atoms with E-state index in [1.54, 1.807) is 0 Å². The summed E-state index contributed by atoms with van der Waals surface area (Å²) in [7, 11) is 0. The van der Waals surface area contributed by atoms with Gasteiger partial charge in [0.25, 0.3) is 5.91 Å². The van der Waals surface area contributed by atoms with Crippen LogP contribution in [0.1, 0.15) is 42.6 Å². The second-order valence-electron chi connectivity index (χ2n) is 4.91. The van der Waals surface area contributed by atoms with Gasteiger partial charge in [-0.25, -0.2) is 0 Å². The second-order valence-corrected chi connectivity index (χ2v) is 6.07. The highest BCUT2D eigenvalue weighted by atomic mass is 127. The van der Waals surface area contributed by atoms with Crippen LogP contribution in [0.15, 0.2) is 18.2 Å². The van der Waals surface area contributed by atoms with Gasteiger partial charge in [-0.1, -0.05) is 26.0 Å². The molecular weight excluding hydrogens is 369 g/mol. The van der Waals surface area contributed by atoms with E-state index < -0.39 is 11.4 Å². The molecule has 0 fully saturated rings. The molecule has 1 aromatic rings. The fourth-order valence-corrected chi connectivity index (χ4v) is 3.01. The van der Waals surface area contributed by atoms with Crippen LogP contribution < -0.4 is 5.32 Å². The Labute approximate surface area is 133 Å². The van der Waals surface area contributed by atoms with Crippen molar-refractivity contribution in [1.29, 1.82) is 0 Å². The predicted molar refractivity (Wildman–Crippen MR) is 86.9 cm³/mol. The number of rotatable bonds is 6. The maximum absolute atomic E-state index is 12.3. The van der Waals surface area contributed by atoms with Gasteiger partial charge in [0.15, 0.2) is 0 Å². The highest BCUT2D eigenvalue weighted by molar-refractivity contribution is 14.1. The molecule has 0 aliphatic heterocycles. The normalized spacial score (nSPS) is 11.2. The Kier molecular flexibility index (Phi) is 5.98. The third kappa shape index (κ3) is 3.50. The van der Waals surface area contributed by atoms with E-state index >= 15 is 0 Å². The molecule has 5 heteroatoms. The molecule has 0 aliphatic carbocycles. The molecule has 20 heavy (non-hydrogen) atoms. The Morgan fingerprint density at radius 3 is 2.35 bits per heavy atom. The Balaban J connectivity index is 2.89. The lowest BCUT2D eigenvalue weighted by Crippen LogP contribution is -2.42. The Bertz CT molecular complexity index is 490. The van der Waals surface area contributed by atoms with Crippen molar-refractivity contribution >= 4 is 34.5 Å². The van der Waals surface area contributed by atoms with Crippen LogP contribution in [0.5, 0.6) is 0 Å². The molecule has 0 saturated heterocycles. The van der Waals surface area contributed by atoms with Crippen LogP contribution in [0.3, 0.4) is 0 Å². The van der Waals surface area contributed by atoms with E-state index in [1.807, 2.05) is 39.0 Å². The smallest absolute Gasteiger partial charge is 0.311 e. The number of carbonyl (C=O) groups excluding carboxylic acids is 1. The number of carbonyl (C=O) groups is 2. The zero-order valence-electron chi connectivity index (χ0n) is 12.0. The maximum atomic E-state index is 12.3. The minimum atomic E-state index is -0.885. The molecule has 1 aromatic carbocycles. The van der Waals surface area contributed by atoms with Gasteiger partial charge in [-0.3, -0.25) is 9.59 Å². The molecule has 1 amide bonds. The number of hydrogen-bond acceptors (Lipinski definition) is 2. The SMILES string of the molecule is CCC(CC)(CNC(=O)c1c(C)cccc1I)C(=O)O. The van der Waals surface area contributed by atoms with Crippen molar-refractivity contribution in [3.8, 4) is 0 Å². The molecule has 110 valence electrons. The number of benzene rings is 1. The summed E-state index contributed by atoms with van der Waals surface area (Å²) in [4.78, 5) is 23.7. The van der Waals surface area contributed by atoms with Crippen molar-refractivity contribution in [3.63, 3.8) is 0 Å². The van der Waals surface area contributed by atoms with Gasteiger partial charge in [-0.2, -0.15) is 0 Å². The van der Waals surface area contributed by atoms with Crippen LogP contribution in [0.25, 0.3) is 0 Å². The summed E-state index contributed by atoms with van der Waals surface area (Å²) in [5.74, 6) is -1.07. The highest BCUT2D eigenvalue weighted by Gasteiger charge is 2.35. The van der Waals surface area contributed by atoms with Crippen molar-refractivity contribution in [1.82, 2.24) is 5.32 Å². The standard InChI is InChI=1S/C15H20INO3/c1-4-15(5-2,14(19)20)9-17-13(18)12-10(3)7-6-8-11(12)16/h6-8H,4-5,9H2,1-3H3,(H,17,18)(H,19,20). The van der Waals surface area contributed by atoms with Gasteiger partial charge in [0, 0.05) is 10.1 Å². The van der Waals surface area contributed by atoms with Gasteiger partial charge >= 0.3 is 5.97 Å². The minimum Gasteiger partial charge on any atom is -0.481 e. The summed E-state index contributed by atoms with van der Waals surface area (Å²) in [6.45, 7) is 5.70. The number of nitrogens with one attached hydrogen (secondary N) is 1.